The summed E-state index contributed by atoms with van der Waals surface area (Å²) in [5.74, 6) is 0. The lowest BCUT2D eigenvalue weighted by Crippen LogP contribution is -2.46. The summed E-state index contributed by atoms with van der Waals surface area (Å²) >= 11 is 0. The Hall–Kier alpha value is -1.92. The first-order valence-electron chi connectivity index (χ1n) is 10.4. The number of rotatable bonds is 8. The number of para-hydroxylation sites is 1. The minimum atomic E-state index is 0.106. The van der Waals surface area contributed by atoms with E-state index in [2.05, 4.69) is 63.8 Å². The predicted octanol–water partition coefficient (Wildman–Crippen LogP) is 2.94. The van der Waals surface area contributed by atoms with Gasteiger partial charge in [0.15, 0.2) is 0 Å². The highest BCUT2D eigenvalue weighted by atomic mass is 16.5. The molecule has 4 rings (SSSR count). The van der Waals surface area contributed by atoms with E-state index in [4.69, 9.17) is 9.84 Å². The molecular formula is C23H31N3O2. The van der Waals surface area contributed by atoms with Gasteiger partial charge < -0.3 is 14.4 Å². The first-order chi connectivity index (χ1) is 13.8. The molecule has 0 bridgehead atoms. The van der Waals surface area contributed by atoms with Gasteiger partial charge in [-0.15, -0.1) is 0 Å². The minimum Gasteiger partial charge on any atom is -0.394 e. The maximum atomic E-state index is 8.77. The number of aromatic nitrogens is 1. The molecule has 28 heavy (non-hydrogen) atoms. The molecule has 5 nitrogen and oxygen atoms in total. The van der Waals surface area contributed by atoms with E-state index in [1.54, 1.807) is 0 Å². The van der Waals surface area contributed by atoms with Crippen molar-refractivity contribution in [1.82, 2.24) is 14.4 Å². The van der Waals surface area contributed by atoms with Gasteiger partial charge in [0, 0.05) is 67.6 Å². The van der Waals surface area contributed by atoms with E-state index in [1.165, 1.54) is 27.4 Å². The standard InChI is InChI=1S/C23H31N3O2/c1-2-26-22-6-4-3-5-20(22)21-17-19(7-8-23(21)26)18-25-11-9-24(10-12-25)13-15-28-16-14-27/h3-8,17,27H,2,9-16,18H2,1H3. The van der Waals surface area contributed by atoms with Crippen molar-refractivity contribution in [3.63, 3.8) is 0 Å². The van der Waals surface area contributed by atoms with Gasteiger partial charge in [0.2, 0.25) is 0 Å². The van der Waals surface area contributed by atoms with Gasteiger partial charge in [0.1, 0.15) is 0 Å². The second-order valence-electron chi connectivity index (χ2n) is 7.57. The Labute approximate surface area is 167 Å². The van der Waals surface area contributed by atoms with E-state index in [9.17, 15) is 0 Å². The van der Waals surface area contributed by atoms with E-state index in [0.717, 1.165) is 45.8 Å². The van der Waals surface area contributed by atoms with Gasteiger partial charge in [-0.3, -0.25) is 9.80 Å². The fourth-order valence-electron chi connectivity index (χ4n) is 4.33. The number of ether oxygens (including phenoxy) is 1. The molecule has 5 heteroatoms. The van der Waals surface area contributed by atoms with E-state index in [-0.39, 0.29) is 6.61 Å². The van der Waals surface area contributed by atoms with Gasteiger partial charge in [0.05, 0.1) is 19.8 Å². The smallest absolute Gasteiger partial charge is 0.0698 e. The molecule has 1 aromatic heterocycles. The van der Waals surface area contributed by atoms with Crippen molar-refractivity contribution in [3.05, 3.63) is 48.0 Å². The lowest BCUT2D eigenvalue weighted by molar-refractivity contribution is 0.0564. The zero-order valence-corrected chi connectivity index (χ0v) is 16.8. The van der Waals surface area contributed by atoms with Crippen molar-refractivity contribution >= 4 is 21.8 Å². The first kappa shape index (κ1) is 19.4. The zero-order valence-electron chi connectivity index (χ0n) is 16.8. The highest BCUT2D eigenvalue weighted by Crippen LogP contribution is 2.30. The summed E-state index contributed by atoms with van der Waals surface area (Å²) < 4.78 is 7.80. The zero-order chi connectivity index (χ0) is 19.3. The molecule has 0 amide bonds. The van der Waals surface area contributed by atoms with Crippen molar-refractivity contribution in [2.24, 2.45) is 0 Å². The quantitative estimate of drug-likeness (QED) is 0.609. The highest BCUT2D eigenvalue weighted by molar-refractivity contribution is 6.08. The van der Waals surface area contributed by atoms with Crippen molar-refractivity contribution in [1.29, 1.82) is 0 Å². The fraction of sp³-hybridized carbons (Fsp3) is 0.478. The molecule has 3 aromatic rings. The van der Waals surface area contributed by atoms with Gasteiger partial charge in [-0.25, -0.2) is 0 Å². The third-order valence-corrected chi connectivity index (χ3v) is 5.81. The summed E-state index contributed by atoms with van der Waals surface area (Å²) in [6.45, 7) is 10.8. The summed E-state index contributed by atoms with van der Waals surface area (Å²) in [4.78, 5) is 5.00. The van der Waals surface area contributed by atoms with Crippen LogP contribution in [0.25, 0.3) is 21.8 Å². The van der Waals surface area contributed by atoms with Gasteiger partial charge in [-0.1, -0.05) is 24.3 Å². The molecule has 1 N–H and O–H groups in total. The fourth-order valence-corrected chi connectivity index (χ4v) is 4.33. The number of aryl methyl sites for hydroxylation is 1. The monoisotopic (exact) mass is 381 g/mol. The lowest BCUT2D eigenvalue weighted by Gasteiger charge is -2.34. The predicted molar refractivity (Wildman–Crippen MR) is 115 cm³/mol. The number of hydrogen-bond acceptors (Lipinski definition) is 4. The van der Waals surface area contributed by atoms with E-state index < -0.39 is 0 Å². The van der Waals surface area contributed by atoms with E-state index in [0.29, 0.717) is 13.2 Å². The third-order valence-electron chi connectivity index (χ3n) is 5.81. The molecule has 2 heterocycles. The average Bonchev–Trinajstić information content (AvgIpc) is 3.05. The molecule has 0 spiro atoms. The Balaban J connectivity index is 1.41. The van der Waals surface area contributed by atoms with Crippen LogP contribution in [0.2, 0.25) is 0 Å². The Morgan fingerprint density at radius 3 is 2.43 bits per heavy atom. The van der Waals surface area contributed by atoms with Crippen molar-refractivity contribution in [2.45, 2.75) is 20.0 Å². The second kappa shape index (κ2) is 9.05. The minimum absolute atomic E-state index is 0.106. The SMILES string of the molecule is CCn1c2ccccc2c2cc(CN3CCN(CCOCCO)CC3)ccc21. The van der Waals surface area contributed by atoms with Gasteiger partial charge in [-0.2, -0.15) is 0 Å². The molecule has 0 aliphatic carbocycles. The molecule has 1 aliphatic heterocycles. The van der Waals surface area contributed by atoms with Crippen molar-refractivity contribution in [2.75, 3.05) is 52.5 Å². The van der Waals surface area contributed by atoms with Crippen LogP contribution in [0.5, 0.6) is 0 Å². The maximum absolute atomic E-state index is 8.77. The van der Waals surface area contributed by atoms with Crippen LogP contribution in [0.15, 0.2) is 42.5 Å². The normalized spacial score (nSPS) is 16.4. The van der Waals surface area contributed by atoms with Gasteiger partial charge in [-0.05, 0) is 30.7 Å². The summed E-state index contributed by atoms with van der Waals surface area (Å²) in [6.07, 6.45) is 0. The molecule has 0 saturated carbocycles. The topological polar surface area (TPSA) is 40.9 Å². The number of fused-ring (bicyclic) bond motifs is 3. The van der Waals surface area contributed by atoms with E-state index in [1.807, 2.05) is 0 Å². The number of aliphatic hydroxyl groups is 1. The van der Waals surface area contributed by atoms with Crippen LogP contribution < -0.4 is 0 Å². The number of hydrogen-bond donors (Lipinski definition) is 1. The lowest BCUT2D eigenvalue weighted by atomic mass is 10.1. The summed E-state index contributed by atoms with van der Waals surface area (Å²) in [7, 11) is 0. The van der Waals surface area contributed by atoms with Crippen LogP contribution in [0.4, 0.5) is 0 Å². The average molecular weight is 382 g/mol. The number of aliphatic hydroxyl groups excluding tert-OH is 1. The van der Waals surface area contributed by atoms with Crippen LogP contribution in [0.3, 0.4) is 0 Å². The van der Waals surface area contributed by atoms with Crippen molar-refractivity contribution in [3.8, 4) is 0 Å². The Morgan fingerprint density at radius 1 is 0.893 bits per heavy atom. The van der Waals surface area contributed by atoms with E-state index >= 15 is 0 Å². The molecule has 0 radical (unpaired) electrons. The van der Waals surface area contributed by atoms with Crippen molar-refractivity contribution < 1.29 is 9.84 Å². The molecule has 0 atom stereocenters. The van der Waals surface area contributed by atoms with Crippen LogP contribution in [-0.4, -0.2) is 72.0 Å². The highest BCUT2D eigenvalue weighted by Gasteiger charge is 2.17. The molecule has 150 valence electrons. The largest absolute Gasteiger partial charge is 0.394 e. The summed E-state index contributed by atoms with van der Waals surface area (Å²) in [5.41, 5.74) is 4.06. The van der Waals surface area contributed by atoms with Crippen LogP contribution in [0.1, 0.15) is 12.5 Å². The summed E-state index contributed by atoms with van der Waals surface area (Å²) in [5, 5.41) is 11.5. The molecule has 1 fully saturated rings. The van der Waals surface area contributed by atoms with Crippen LogP contribution in [-0.2, 0) is 17.8 Å². The van der Waals surface area contributed by atoms with Crippen LogP contribution in [0, 0.1) is 0 Å². The molecule has 1 aliphatic rings. The van der Waals surface area contributed by atoms with Gasteiger partial charge >= 0.3 is 0 Å². The Bertz CT molecular complexity index is 913. The Morgan fingerprint density at radius 2 is 1.64 bits per heavy atom. The molecule has 1 saturated heterocycles. The number of piperazine rings is 1. The Kier molecular flexibility index (Phi) is 6.27. The first-order valence-corrected chi connectivity index (χ1v) is 10.4. The molecule has 2 aromatic carbocycles. The third kappa shape index (κ3) is 4.08. The van der Waals surface area contributed by atoms with Gasteiger partial charge in [0.25, 0.3) is 0 Å². The maximum Gasteiger partial charge on any atom is 0.0698 e. The summed E-state index contributed by atoms with van der Waals surface area (Å²) in [6, 6.07) is 15.7. The second-order valence-corrected chi connectivity index (χ2v) is 7.57. The number of benzene rings is 2. The van der Waals surface area contributed by atoms with Crippen LogP contribution >= 0.6 is 0 Å². The molecule has 0 unspecified atom stereocenters. The molecular weight excluding hydrogens is 350 g/mol. The number of nitrogens with zero attached hydrogens (tertiary/aromatic N) is 3.